The van der Waals surface area contributed by atoms with Gasteiger partial charge in [0, 0.05) is 5.57 Å². The molecule has 192 valence electrons. The van der Waals surface area contributed by atoms with Crippen molar-refractivity contribution in [3.05, 3.63) is 47.6 Å². The SMILES string of the molecule is CC(=CC=Cc1ccc(O)cc1)C(=O)OC(F)(F)C(F)(F)C(F)(F)C(F)(F)C(F)(F)C(F)(F)F. The zero-order chi connectivity index (χ0) is 27.0. The van der Waals surface area contributed by atoms with E-state index in [1.54, 1.807) is 0 Å². The van der Waals surface area contributed by atoms with Crippen molar-refractivity contribution in [2.45, 2.75) is 42.9 Å². The first-order valence-electron chi connectivity index (χ1n) is 8.36. The summed E-state index contributed by atoms with van der Waals surface area (Å²) in [4.78, 5) is 11.5. The number of alkyl halides is 13. The van der Waals surface area contributed by atoms with Gasteiger partial charge in [-0.25, -0.2) is 4.79 Å². The summed E-state index contributed by atoms with van der Waals surface area (Å²) in [5, 5.41) is 9.08. The molecule has 0 fully saturated rings. The van der Waals surface area contributed by atoms with Gasteiger partial charge in [-0.1, -0.05) is 30.4 Å². The molecule has 0 unspecified atom stereocenters. The molecule has 1 aromatic carbocycles. The first-order valence-corrected chi connectivity index (χ1v) is 8.36. The highest BCUT2D eigenvalue weighted by molar-refractivity contribution is 5.88. The number of hydrogen-bond acceptors (Lipinski definition) is 3. The molecule has 0 aliphatic rings. The van der Waals surface area contributed by atoms with E-state index in [4.69, 9.17) is 5.11 Å². The van der Waals surface area contributed by atoms with Crippen LogP contribution in [0.2, 0.25) is 0 Å². The molecule has 0 aliphatic heterocycles. The van der Waals surface area contributed by atoms with Gasteiger partial charge in [-0.3, -0.25) is 0 Å². The van der Waals surface area contributed by atoms with Gasteiger partial charge in [0.1, 0.15) is 5.75 Å². The Labute approximate surface area is 181 Å². The van der Waals surface area contributed by atoms with E-state index < -0.39 is 47.5 Å². The van der Waals surface area contributed by atoms with E-state index >= 15 is 0 Å². The standard InChI is InChI=1S/C18H11F13O3/c1-9(3-2-4-10-5-7-11(32)8-6-10)12(33)34-18(30,31)16(25,26)14(21,22)13(19,20)15(23,24)17(27,28)29/h2-8,32H,1H3. The van der Waals surface area contributed by atoms with Gasteiger partial charge in [-0.2, -0.15) is 57.1 Å². The Kier molecular flexibility index (Phi) is 7.72. The molecule has 1 rings (SSSR count). The van der Waals surface area contributed by atoms with Crippen molar-refractivity contribution in [1.29, 1.82) is 0 Å². The van der Waals surface area contributed by atoms with Gasteiger partial charge in [0.2, 0.25) is 0 Å². The number of phenols is 1. The minimum Gasteiger partial charge on any atom is -0.508 e. The molecule has 0 bridgehead atoms. The number of carbonyl (C=O) groups is 1. The Morgan fingerprint density at radius 2 is 1.21 bits per heavy atom. The van der Waals surface area contributed by atoms with Gasteiger partial charge in [-0.05, 0) is 24.6 Å². The molecule has 0 aromatic heterocycles. The normalized spacial score (nSPS) is 15.1. The molecule has 1 N–H and O–H groups in total. The molecule has 3 nitrogen and oxygen atoms in total. The maximum atomic E-state index is 13.5. The van der Waals surface area contributed by atoms with Crippen LogP contribution in [0.3, 0.4) is 0 Å². The Balaban J connectivity index is 3.18. The smallest absolute Gasteiger partial charge is 0.473 e. The fourth-order valence-corrected chi connectivity index (χ4v) is 1.97. The summed E-state index contributed by atoms with van der Waals surface area (Å²) in [6.07, 6.45) is -11.9. The van der Waals surface area contributed by atoms with Gasteiger partial charge in [0.15, 0.2) is 0 Å². The molecular weight excluding hydrogens is 511 g/mol. The highest BCUT2D eigenvalue weighted by Gasteiger charge is 2.91. The molecule has 0 heterocycles. The first-order chi connectivity index (χ1) is 15.0. The summed E-state index contributed by atoms with van der Waals surface area (Å²) in [5.41, 5.74) is -0.694. The minimum atomic E-state index is -8.09. The molecule has 0 spiro atoms. The third-order valence-corrected chi connectivity index (χ3v) is 3.98. The van der Waals surface area contributed by atoms with Gasteiger partial charge in [0.05, 0.1) is 0 Å². The fraction of sp³-hybridized carbons (Fsp3) is 0.389. The Bertz CT molecular complexity index is 945. The van der Waals surface area contributed by atoms with E-state index in [1.807, 2.05) is 0 Å². The third-order valence-electron chi connectivity index (χ3n) is 3.98. The van der Waals surface area contributed by atoms with Crippen LogP contribution >= 0.6 is 0 Å². The monoisotopic (exact) mass is 522 g/mol. The number of hydrogen-bond donors (Lipinski definition) is 1. The number of halogens is 13. The lowest BCUT2D eigenvalue weighted by Gasteiger charge is -2.38. The van der Waals surface area contributed by atoms with E-state index in [2.05, 4.69) is 4.74 Å². The van der Waals surface area contributed by atoms with Crippen LogP contribution in [0, 0.1) is 0 Å². The largest absolute Gasteiger partial charge is 0.508 e. The fourth-order valence-electron chi connectivity index (χ4n) is 1.97. The second-order valence-corrected chi connectivity index (χ2v) is 6.50. The lowest BCUT2D eigenvalue weighted by atomic mass is 9.97. The molecule has 0 radical (unpaired) electrons. The van der Waals surface area contributed by atoms with Gasteiger partial charge in [0.25, 0.3) is 0 Å². The summed E-state index contributed by atoms with van der Waals surface area (Å²) in [5.74, 6) is -34.4. The summed E-state index contributed by atoms with van der Waals surface area (Å²) < 4.78 is 171. The summed E-state index contributed by atoms with van der Waals surface area (Å²) >= 11 is 0. The summed E-state index contributed by atoms with van der Waals surface area (Å²) in [6.45, 7) is 0.599. The zero-order valence-electron chi connectivity index (χ0n) is 16.2. The lowest BCUT2D eigenvalue weighted by molar-refractivity contribution is -0.460. The van der Waals surface area contributed by atoms with E-state index in [-0.39, 0.29) is 5.75 Å². The predicted octanol–water partition coefficient (Wildman–Crippen LogP) is 6.59. The van der Waals surface area contributed by atoms with Crippen LogP contribution in [-0.2, 0) is 9.53 Å². The Hall–Kier alpha value is -2.94. The van der Waals surface area contributed by atoms with E-state index in [0.717, 1.165) is 12.2 Å². The molecule has 0 atom stereocenters. The number of rotatable bonds is 8. The molecule has 16 heteroatoms. The van der Waals surface area contributed by atoms with Crippen molar-refractivity contribution in [2.75, 3.05) is 0 Å². The summed E-state index contributed by atoms with van der Waals surface area (Å²) in [6, 6.07) is 5.01. The Morgan fingerprint density at radius 3 is 1.65 bits per heavy atom. The van der Waals surface area contributed by atoms with Crippen LogP contribution in [0.25, 0.3) is 6.08 Å². The number of ether oxygens (including phenoxy) is 1. The van der Waals surface area contributed by atoms with Crippen LogP contribution in [0.1, 0.15) is 12.5 Å². The third kappa shape index (κ3) is 5.09. The number of carbonyl (C=O) groups excluding carboxylic acids is 1. The van der Waals surface area contributed by atoms with Crippen LogP contribution in [0.4, 0.5) is 57.1 Å². The maximum Gasteiger partial charge on any atom is 0.473 e. The number of allylic oxidation sites excluding steroid dienone is 2. The van der Waals surface area contributed by atoms with E-state index in [1.165, 1.54) is 24.3 Å². The van der Waals surface area contributed by atoms with Crippen molar-refractivity contribution in [2.24, 2.45) is 0 Å². The first kappa shape index (κ1) is 29.1. The average molecular weight is 522 g/mol. The van der Waals surface area contributed by atoms with Gasteiger partial charge < -0.3 is 9.84 Å². The topological polar surface area (TPSA) is 46.5 Å². The molecule has 0 aliphatic carbocycles. The van der Waals surface area contributed by atoms with Crippen molar-refractivity contribution in [3.63, 3.8) is 0 Å². The predicted molar refractivity (Wildman–Crippen MR) is 87.8 cm³/mol. The van der Waals surface area contributed by atoms with Crippen LogP contribution in [-0.4, -0.2) is 47.1 Å². The highest BCUT2D eigenvalue weighted by Crippen LogP contribution is 2.60. The lowest BCUT2D eigenvalue weighted by Crippen LogP contribution is -2.70. The van der Waals surface area contributed by atoms with Gasteiger partial charge in [-0.15, -0.1) is 0 Å². The van der Waals surface area contributed by atoms with Gasteiger partial charge >= 0.3 is 41.9 Å². The Morgan fingerprint density at radius 1 is 0.765 bits per heavy atom. The van der Waals surface area contributed by atoms with Crippen molar-refractivity contribution in [1.82, 2.24) is 0 Å². The van der Waals surface area contributed by atoms with Crippen molar-refractivity contribution in [3.8, 4) is 5.75 Å². The number of esters is 1. The van der Waals surface area contributed by atoms with E-state index in [9.17, 15) is 61.9 Å². The number of benzene rings is 1. The summed E-state index contributed by atoms with van der Waals surface area (Å²) in [7, 11) is 0. The molecular formula is C18H11F13O3. The highest BCUT2D eigenvalue weighted by atomic mass is 19.4. The molecule has 34 heavy (non-hydrogen) atoms. The zero-order valence-corrected chi connectivity index (χ0v) is 16.2. The second-order valence-electron chi connectivity index (χ2n) is 6.50. The quantitative estimate of drug-likeness (QED) is 0.181. The average Bonchev–Trinajstić information content (AvgIpc) is 2.67. The van der Waals surface area contributed by atoms with Crippen molar-refractivity contribution < 1.29 is 71.7 Å². The van der Waals surface area contributed by atoms with E-state index in [0.29, 0.717) is 18.6 Å². The molecule has 1 aromatic rings. The number of aromatic hydroxyl groups is 1. The van der Waals surface area contributed by atoms with Crippen LogP contribution in [0.5, 0.6) is 5.75 Å². The minimum absolute atomic E-state index is 0.147. The van der Waals surface area contributed by atoms with Crippen LogP contribution < -0.4 is 0 Å². The van der Waals surface area contributed by atoms with Crippen LogP contribution in [0.15, 0.2) is 42.0 Å². The number of phenolic OH excluding ortho intramolecular Hbond substituents is 1. The molecule has 0 saturated heterocycles. The second kappa shape index (κ2) is 9.02. The molecule has 0 amide bonds. The maximum absolute atomic E-state index is 13.5. The van der Waals surface area contributed by atoms with Crippen molar-refractivity contribution >= 4 is 12.0 Å². The molecule has 0 saturated carbocycles.